The van der Waals surface area contributed by atoms with E-state index in [0.717, 1.165) is 44.5 Å². The Kier molecular flexibility index (Phi) is 3.81. The molecule has 1 aromatic rings. The number of hydrogen-bond donors (Lipinski definition) is 1. The molecule has 2 saturated heterocycles. The van der Waals surface area contributed by atoms with Crippen LogP contribution in [0.3, 0.4) is 0 Å². The van der Waals surface area contributed by atoms with Crippen LogP contribution >= 0.6 is 0 Å². The van der Waals surface area contributed by atoms with Gasteiger partial charge in [0, 0.05) is 31.4 Å². The maximum absolute atomic E-state index is 12.8. The zero-order valence-corrected chi connectivity index (χ0v) is 13.3. The maximum atomic E-state index is 12.8. The van der Waals surface area contributed by atoms with Crippen molar-refractivity contribution in [1.82, 2.24) is 10.2 Å². The van der Waals surface area contributed by atoms with Crippen molar-refractivity contribution < 1.29 is 9.59 Å². The molecule has 3 heterocycles. The number of nitrogens with zero attached hydrogens (tertiary/aromatic N) is 2. The lowest BCUT2D eigenvalue weighted by molar-refractivity contribution is -0.125. The molecule has 3 aliphatic rings. The highest BCUT2D eigenvalue weighted by atomic mass is 16.2. The van der Waals surface area contributed by atoms with Crippen LogP contribution < -0.4 is 10.2 Å². The number of nitrogens with one attached hydrogen (secondary N) is 1. The second-order valence-corrected chi connectivity index (χ2v) is 6.95. The second kappa shape index (κ2) is 5.96. The number of fused-ring (bicyclic) bond motifs is 4. The van der Waals surface area contributed by atoms with Gasteiger partial charge in [0.05, 0.1) is 12.5 Å². The Hall–Kier alpha value is -1.88. The molecule has 0 aromatic heterocycles. The molecular weight excluding hydrogens is 290 g/mol. The van der Waals surface area contributed by atoms with Gasteiger partial charge in [-0.2, -0.15) is 0 Å². The Labute approximate surface area is 136 Å². The van der Waals surface area contributed by atoms with Gasteiger partial charge < -0.3 is 10.2 Å². The van der Waals surface area contributed by atoms with Crippen molar-refractivity contribution in [2.24, 2.45) is 5.92 Å². The van der Waals surface area contributed by atoms with E-state index in [4.69, 9.17) is 0 Å². The van der Waals surface area contributed by atoms with Gasteiger partial charge in [-0.3, -0.25) is 14.5 Å². The number of para-hydroxylation sites is 1. The van der Waals surface area contributed by atoms with Crippen molar-refractivity contribution in [3.63, 3.8) is 0 Å². The van der Waals surface area contributed by atoms with E-state index in [9.17, 15) is 9.59 Å². The van der Waals surface area contributed by atoms with Crippen molar-refractivity contribution >= 4 is 17.5 Å². The van der Waals surface area contributed by atoms with Gasteiger partial charge in [0.2, 0.25) is 11.8 Å². The summed E-state index contributed by atoms with van der Waals surface area (Å²) in [6.45, 7) is 2.69. The van der Waals surface area contributed by atoms with E-state index < -0.39 is 0 Å². The van der Waals surface area contributed by atoms with E-state index >= 15 is 0 Å². The molecule has 2 bridgehead atoms. The Bertz CT molecular complexity index is 630. The maximum Gasteiger partial charge on any atom is 0.241 e. The second-order valence-electron chi connectivity index (χ2n) is 6.95. The molecule has 4 rings (SSSR count). The number of hydrogen-bond acceptors (Lipinski definition) is 3. The van der Waals surface area contributed by atoms with Crippen molar-refractivity contribution in [2.45, 2.75) is 31.7 Å². The highest BCUT2D eigenvalue weighted by Crippen LogP contribution is 2.28. The summed E-state index contributed by atoms with van der Waals surface area (Å²) < 4.78 is 0. The summed E-state index contributed by atoms with van der Waals surface area (Å²) in [5.74, 6) is 0.373. The summed E-state index contributed by atoms with van der Waals surface area (Å²) >= 11 is 0. The molecule has 1 aromatic carbocycles. The fourth-order valence-corrected chi connectivity index (χ4v) is 4.15. The fraction of sp³-hybridized carbons (Fsp3) is 0.556. The first-order chi connectivity index (χ1) is 11.2. The summed E-state index contributed by atoms with van der Waals surface area (Å²) in [6.07, 6.45) is 4.02. The lowest BCUT2D eigenvalue weighted by Gasteiger charge is -2.28. The quantitative estimate of drug-likeness (QED) is 0.892. The van der Waals surface area contributed by atoms with Crippen molar-refractivity contribution in [3.8, 4) is 0 Å². The molecule has 0 spiro atoms. The van der Waals surface area contributed by atoms with Crippen molar-refractivity contribution in [3.05, 3.63) is 29.8 Å². The number of amides is 2. The van der Waals surface area contributed by atoms with Crippen LogP contribution in [0.4, 0.5) is 5.69 Å². The average Bonchev–Trinajstić information content (AvgIpc) is 2.80. The van der Waals surface area contributed by atoms with Crippen LogP contribution in [-0.4, -0.2) is 48.9 Å². The zero-order valence-electron chi connectivity index (χ0n) is 13.3. The molecule has 0 radical (unpaired) electrons. The number of likely N-dealkylation sites (tertiary alicyclic amines) is 1. The summed E-state index contributed by atoms with van der Waals surface area (Å²) in [6, 6.07) is 8.35. The number of benzene rings is 1. The van der Waals surface area contributed by atoms with Crippen LogP contribution in [0.5, 0.6) is 0 Å². The third-order valence-electron chi connectivity index (χ3n) is 5.33. The summed E-state index contributed by atoms with van der Waals surface area (Å²) in [5.41, 5.74) is 2.31. The molecule has 2 atom stereocenters. The lowest BCUT2D eigenvalue weighted by Crippen LogP contribution is -2.44. The molecule has 2 fully saturated rings. The van der Waals surface area contributed by atoms with Crippen LogP contribution in [0.1, 0.15) is 24.8 Å². The van der Waals surface area contributed by atoms with E-state index in [1.54, 1.807) is 0 Å². The Morgan fingerprint density at radius 3 is 3.00 bits per heavy atom. The lowest BCUT2D eigenvalue weighted by atomic mass is 9.99. The van der Waals surface area contributed by atoms with Gasteiger partial charge in [0.25, 0.3) is 0 Å². The summed E-state index contributed by atoms with van der Waals surface area (Å²) in [5, 5.41) is 3.12. The summed E-state index contributed by atoms with van der Waals surface area (Å²) in [4.78, 5) is 29.0. The first-order valence-corrected chi connectivity index (χ1v) is 8.62. The molecule has 0 unspecified atom stereocenters. The topological polar surface area (TPSA) is 52.7 Å². The average molecular weight is 313 g/mol. The predicted molar refractivity (Wildman–Crippen MR) is 88.2 cm³/mol. The number of carbonyl (C=O) groups is 2. The SMILES string of the molecule is O=C1N[C@H]2CCC[C@@H]1CN(CC(=O)N1CCc3ccccc31)C2. The van der Waals surface area contributed by atoms with Crippen LogP contribution in [0.2, 0.25) is 0 Å². The standard InChI is InChI=1S/C18H23N3O2/c22-17(21-9-8-13-4-1-2-7-16(13)21)12-20-10-14-5-3-6-15(11-20)19-18(14)23/h1-2,4,7,14-15H,3,5-6,8-12H2,(H,19,23)/t14-,15+/m1/s1. The zero-order chi connectivity index (χ0) is 15.8. The highest BCUT2D eigenvalue weighted by Gasteiger charge is 2.34. The molecule has 5 nitrogen and oxygen atoms in total. The smallest absolute Gasteiger partial charge is 0.241 e. The van der Waals surface area contributed by atoms with E-state index in [0.29, 0.717) is 13.1 Å². The molecule has 1 N–H and O–H groups in total. The molecular formula is C18H23N3O2. The van der Waals surface area contributed by atoms with E-state index in [1.165, 1.54) is 5.56 Å². The molecule has 23 heavy (non-hydrogen) atoms. The van der Waals surface area contributed by atoms with E-state index in [-0.39, 0.29) is 23.8 Å². The van der Waals surface area contributed by atoms with Gasteiger partial charge >= 0.3 is 0 Å². The number of rotatable bonds is 2. The van der Waals surface area contributed by atoms with E-state index in [2.05, 4.69) is 16.3 Å². The minimum Gasteiger partial charge on any atom is -0.352 e. The van der Waals surface area contributed by atoms with Gasteiger partial charge in [0.15, 0.2) is 0 Å². The first kappa shape index (κ1) is 14.7. The number of carbonyl (C=O) groups excluding carboxylic acids is 2. The monoisotopic (exact) mass is 313 g/mol. The molecule has 5 heteroatoms. The van der Waals surface area contributed by atoms with Gasteiger partial charge in [-0.1, -0.05) is 24.6 Å². The van der Waals surface area contributed by atoms with Crippen LogP contribution in [0, 0.1) is 5.92 Å². The van der Waals surface area contributed by atoms with E-state index in [1.807, 2.05) is 23.1 Å². The molecule has 3 aliphatic heterocycles. The first-order valence-electron chi connectivity index (χ1n) is 8.62. The minimum absolute atomic E-state index is 0.0427. The van der Waals surface area contributed by atoms with Gasteiger partial charge in [-0.25, -0.2) is 0 Å². The Morgan fingerprint density at radius 2 is 2.09 bits per heavy atom. The highest BCUT2D eigenvalue weighted by molar-refractivity contribution is 5.96. The molecule has 2 amide bonds. The third-order valence-corrected chi connectivity index (χ3v) is 5.33. The van der Waals surface area contributed by atoms with Crippen LogP contribution in [-0.2, 0) is 16.0 Å². The minimum atomic E-state index is 0.0427. The molecule has 0 saturated carbocycles. The predicted octanol–water partition coefficient (Wildman–Crippen LogP) is 1.18. The Balaban J connectivity index is 1.46. The fourth-order valence-electron chi connectivity index (χ4n) is 4.15. The molecule has 0 aliphatic carbocycles. The normalized spacial score (nSPS) is 27.3. The van der Waals surface area contributed by atoms with Gasteiger partial charge in [-0.05, 0) is 30.9 Å². The largest absolute Gasteiger partial charge is 0.352 e. The Morgan fingerprint density at radius 1 is 1.22 bits per heavy atom. The summed E-state index contributed by atoms with van der Waals surface area (Å²) in [7, 11) is 0. The van der Waals surface area contributed by atoms with Crippen molar-refractivity contribution in [2.75, 3.05) is 31.1 Å². The third kappa shape index (κ3) is 2.85. The van der Waals surface area contributed by atoms with Crippen molar-refractivity contribution in [1.29, 1.82) is 0 Å². The van der Waals surface area contributed by atoms with Crippen LogP contribution in [0.15, 0.2) is 24.3 Å². The van der Waals surface area contributed by atoms with Gasteiger partial charge in [-0.15, -0.1) is 0 Å². The van der Waals surface area contributed by atoms with Crippen LogP contribution in [0.25, 0.3) is 0 Å². The number of anilines is 1. The van der Waals surface area contributed by atoms with Gasteiger partial charge in [0.1, 0.15) is 0 Å². The molecule has 122 valence electrons.